The number of nitrogens with zero attached hydrogens (tertiary/aromatic N) is 1. The number of hydrogen-bond acceptors (Lipinski definition) is 3. The molecule has 0 aliphatic rings. The fourth-order valence-electron chi connectivity index (χ4n) is 3.43. The highest BCUT2D eigenvalue weighted by Gasteiger charge is 2.30. The van der Waals surface area contributed by atoms with E-state index < -0.39 is 6.04 Å². The van der Waals surface area contributed by atoms with Crippen LogP contribution in [0.3, 0.4) is 0 Å². The molecule has 0 spiro atoms. The topological polar surface area (TPSA) is 58.6 Å². The van der Waals surface area contributed by atoms with Crippen molar-refractivity contribution in [3.63, 3.8) is 0 Å². The van der Waals surface area contributed by atoms with Crippen LogP contribution in [0.1, 0.15) is 16.7 Å². The highest BCUT2D eigenvalue weighted by molar-refractivity contribution is 6.35. The van der Waals surface area contributed by atoms with Crippen LogP contribution in [-0.4, -0.2) is 36.4 Å². The third kappa shape index (κ3) is 6.98. The van der Waals surface area contributed by atoms with Gasteiger partial charge in [0.25, 0.3) is 5.91 Å². The summed E-state index contributed by atoms with van der Waals surface area (Å²) in [6.45, 7) is 2.00. The Hall–Kier alpha value is -3.02. The maximum Gasteiger partial charge on any atom is 0.261 e. The van der Waals surface area contributed by atoms with Crippen LogP contribution < -0.4 is 10.1 Å². The molecule has 3 aromatic rings. The van der Waals surface area contributed by atoms with E-state index in [1.165, 1.54) is 0 Å². The summed E-state index contributed by atoms with van der Waals surface area (Å²) in [5.74, 6) is -0.223. The van der Waals surface area contributed by atoms with Gasteiger partial charge in [0.15, 0.2) is 6.61 Å². The molecule has 172 valence electrons. The summed E-state index contributed by atoms with van der Waals surface area (Å²) in [5.41, 5.74) is 2.99. The molecule has 7 heteroatoms. The van der Waals surface area contributed by atoms with Crippen molar-refractivity contribution < 1.29 is 14.3 Å². The van der Waals surface area contributed by atoms with Crippen molar-refractivity contribution in [1.82, 2.24) is 10.2 Å². The molecule has 3 rings (SSSR count). The SMILES string of the molecule is CNC(=O)C(Cc1ccccc1)N(Cc1ccc(C)cc1)C(=O)COc1ccc(Cl)cc1Cl. The van der Waals surface area contributed by atoms with Crippen molar-refractivity contribution in [3.8, 4) is 5.75 Å². The number of halogens is 2. The zero-order valence-corrected chi connectivity index (χ0v) is 20.1. The smallest absolute Gasteiger partial charge is 0.261 e. The summed E-state index contributed by atoms with van der Waals surface area (Å²) in [6, 6.07) is 21.6. The average molecular weight is 485 g/mol. The Bertz CT molecular complexity index is 1090. The first-order chi connectivity index (χ1) is 15.9. The van der Waals surface area contributed by atoms with E-state index in [1.807, 2.05) is 61.5 Å². The van der Waals surface area contributed by atoms with Gasteiger partial charge < -0.3 is 15.0 Å². The monoisotopic (exact) mass is 484 g/mol. The fourth-order valence-corrected chi connectivity index (χ4v) is 3.89. The molecule has 1 atom stereocenters. The molecule has 0 radical (unpaired) electrons. The van der Waals surface area contributed by atoms with E-state index in [9.17, 15) is 9.59 Å². The number of carbonyl (C=O) groups excluding carboxylic acids is 2. The number of carbonyl (C=O) groups is 2. The van der Waals surface area contributed by atoms with Gasteiger partial charge in [-0.25, -0.2) is 0 Å². The summed E-state index contributed by atoms with van der Waals surface area (Å²) >= 11 is 12.1. The second-order valence-corrected chi connectivity index (χ2v) is 8.53. The van der Waals surface area contributed by atoms with Crippen LogP contribution in [0.25, 0.3) is 0 Å². The largest absolute Gasteiger partial charge is 0.482 e. The Morgan fingerprint density at radius 3 is 2.30 bits per heavy atom. The van der Waals surface area contributed by atoms with E-state index in [1.54, 1.807) is 30.1 Å². The van der Waals surface area contributed by atoms with Crippen LogP contribution in [0.4, 0.5) is 0 Å². The zero-order chi connectivity index (χ0) is 23.8. The molecule has 0 aromatic heterocycles. The first-order valence-electron chi connectivity index (χ1n) is 10.6. The van der Waals surface area contributed by atoms with Gasteiger partial charge in [-0.1, -0.05) is 83.4 Å². The number of nitrogens with one attached hydrogen (secondary N) is 1. The summed E-state index contributed by atoms with van der Waals surface area (Å²) < 4.78 is 5.69. The van der Waals surface area contributed by atoms with Gasteiger partial charge in [0.05, 0.1) is 5.02 Å². The number of hydrogen-bond donors (Lipinski definition) is 1. The van der Waals surface area contributed by atoms with Crippen LogP contribution in [0.15, 0.2) is 72.8 Å². The zero-order valence-electron chi connectivity index (χ0n) is 18.6. The number of aryl methyl sites for hydroxylation is 1. The van der Waals surface area contributed by atoms with Crippen LogP contribution in [-0.2, 0) is 22.6 Å². The molecule has 0 saturated carbocycles. The van der Waals surface area contributed by atoms with Gasteiger partial charge in [-0.3, -0.25) is 9.59 Å². The van der Waals surface area contributed by atoms with Crippen molar-refractivity contribution in [2.24, 2.45) is 0 Å². The lowest BCUT2D eigenvalue weighted by Crippen LogP contribution is -2.51. The Kier molecular flexibility index (Phi) is 8.75. The third-order valence-corrected chi connectivity index (χ3v) is 5.77. The average Bonchev–Trinajstić information content (AvgIpc) is 2.82. The van der Waals surface area contributed by atoms with Gasteiger partial charge in [-0.05, 0) is 36.2 Å². The Labute approximate surface area is 204 Å². The molecular weight excluding hydrogens is 459 g/mol. The number of amides is 2. The second kappa shape index (κ2) is 11.7. The minimum absolute atomic E-state index is 0.246. The summed E-state index contributed by atoms with van der Waals surface area (Å²) in [7, 11) is 1.57. The Morgan fingerprint density at radius 2 is 1.67 bits per heavy atom. The molecule has 0 fully saturated rings. The summed E-state index contributed by atoms with van der Waals surface area (Å²) in [4.78, 5) is 27.8. The van der Waals surface area contributed by atoms with Crippen molar-refractivity contribution in [1.29, 1.82) is 0 Å². The third-order valence-electron chi connectivity index (χ3n) is 5.24. The van der Waals surface area contributed by atoms with Crippen molar-refractivity contribution >= 4 is 35.0 Å². The van der Waals surface area contributed by atoms with Crippen molar-refractivity contribution in [3.05, 3.63) is 99.5 Å². The van der Waals surface area contributed by atoms with Crippen LogP contribution in [0.5, 0.6) is 5.75 Å². The molecule has 0 heterocycles. The Morgan fingerprint density at radius 1 is 0.970 bits per heavy atom. The maximum atomic E-state index is 13.4. The standard InChI is InChI=1S/C26H26Cl2N2O3/c1-18-8-10-20(11-9-18)16-30(23(26(32)29-2)14-19-6-4-3-5-7-19)25(31)17-33-24-13-12-21(27)15-22(24)28/h3-13,15,23H,14,16-17H2,1-2H3,(H,29,32). The number of benzene rings is 3. The molecule has 33 heavy (non-hydrogen) atoms. The lowest BCUT2D eigenvalue weighted by atomic mass is 10.0. The second-order valence-electron chi connectivity index (χ2n) is 7.69. The van der Waals surface area contributed by atoms with Gasteiger partial charge >= 0.3 is 0 Å². The summed E-state index contributed by atoms with van der Waals surface area (Å²) in [5, 5.41) is 3.48. The van der Waals surface area contributed by atoms with E-state index >= 15 is 0 Å². The van der Waals surface area contributed by atoms with Gasteiger partial charge in [0.2, 0.25) is 5.91 Å². The minimum atomic E-state index is -0.713. The molecule has 2 amide bonds. The minimum Gasteiger partial charge on any atom is -0.482 e. The van der Waals surface area contributed by atoms with Crippen LogP contribution in [0.2, 0.25) is 10.0 Å². The van der Waals surface area contributed by atoms with E-state index in [4.69, 9.17) is 27.9 Å². The molecule has 0 aliphatic carbocycles. The van der Waals surface area contributed by atoms with Crippen LogP contribution >= 0.6 is 23.2 Å². The van der Waals surface area contributed by atoms with Crippen LogP contribution in [0, 0.1) is 6.92 Å². The van der Waals surface area contributed by atoms with Gasteiger partial charge in [0, 0.05) is 25.0 Å². The van der Waals surface area contributed by atoms with Gasteiger partial charge in [-0.2, -0.15) is 0 Å². The first kappa shape index (κ1) is 24.6. The van der Waals surface area contributed by atoms with E-state index in [0.29, 0.717) is 22.2 Å². The highest BCUT2D eigenvalue weighted by Crippen LogP contribution is 2.27. The fraction of sp³-hybridized carbons (Fsp3) is 0.231. The van der Waals surface area contributed by atoms with Crippen molar-refractivity contribution in [2.45, 2.75) is 25.9 Å². The highest BCUT2D eigenvalue weighted by atomic mass is 35.5. The molecule has 0 aliphatic heterocycles. The predicted molar refractivity (Wildman–Crippen MR) is 132 cm³/mol. The first-order valence-corrected chi connectivity index (χ1v) is 11.3. The molecule has 1 unspecified atom stereocenters. The van der Waals surface area contributed by atoms with Gasteiger partial charge in [0.1, 0.15) is 11.8 Å². The van der Waals surface area contributed by atoms with E-state index in [-0.39, 0.29) is 25.0 Å². The number of rotatable bonds is 9. The lowest BCUT2D eigenvalue weighted by molar-refractivity contribution is -0.142. The lowest BCUT2D eigenvalue weighted by Gasteiger charge is -2.31. The molecular formula is C26H26Cl2N2O3. The molecule has 0 bridgehead atoms. The number of likely N-dealkylation sites (N-methyl/N-ethyl adjacent to an activating group) is 1. The summed E-state index contributed by atoms with van der Waals surface area (Å²) in [6.07, 6.45) is 0.375. The molecule has 0 saturated heterocycles. The maximum absolute atomic E-state index is 13.4. The molecule has 1 N–H and O–H groups in total. The molecule has 3 aromatic carbocycles. The number of ether oxygens (including phenoxy) is 1. The Balaban J connectivity index is 1.87. The van der Waals surface area contributed by atoms with E-state index in [2.05, 4.69) is 5.32 Å². The molecule has 5 nitrogen and oxygen atoms in total. The normalized spacial score (nSPS) is 11.5. The quantitative estimate of drug-likeness (QED) is 0.461. The van der Waals surface area contributed by atoms with Gasteiger partial charge in [-0.15, -0.1) is 0 Å². The predicted octanol–water partition coefficient (Wildman–Crippen LogP) is 5.07. The van der Waals surface area contributed by atoms with Crippen molar-refractivity contribution in [2.75, 3.05) is 13.7 Å². The van der Waals surface area contributed by atoms with E-state index in [0.717, 1.165) is 16.7 Å².